The molecule has 122 valence electrons. The molecular formula is C17H26ClN3O. The summed E-state index contributed by atoms with van der Waals surface area (Å²) in [4.78, 5) is 5.14. The van der Waals surface area contributed by atoms with Crippen LogP contribution in [0.2, 0.25) is 5.02 Å². The first-order chi connectivity index (χ1) is 10.7. The van der Waals surface area contributed by atoms with Gasteiger partial charge in [0.2, 0.25) is 0 Å². The number of nitrogens with zero attached hydrogens (tertiary/aromatic N) is 2. The summed E-state index contributed by atoms with van der Waals surface area (Å²) in [5.41, 5.74) is 1.33. The summed E-state index contributed by atoms with van der Waals surface area (Å²) < 4.78 is 5.49. The normalized spacial score (nSPS) is 26.0. The zero-order valence-electron chi connectivity index (χ0n) is 13.3. The highest BCUT2D eigenvalue weighted by atomic mass is 35.5. The third-order valence-corrected chi connectivity index (χ3v) is 4.96. The van der Waals surface area contributed by atoms with Gasteiger partial charge < -0.3 is 10.1 Å². The van der Waals surface area contributed by atoms with Crippen LogP contribution in [0.4, 0.5) is 0 Å². The van der Waals surface area contributed by atoms with Gasteiger partial charge in [-0.2, -0.15) is 0 Å². The number of rotatable bonds is 4. The van der Waals surface area contributed by atoms with E-state index in [9.17, 15) is 0 Å². The van der Waals surface area contributed by atoms with Crippen molar-refractivity contribution in [3.05, 3.63) is 34.9 Å². The third-order valence-electron chi connectivity index (χ3n) is 4.72. The first-order valence-corrected chi connectivity index (χ1v) is 8.64. The number of nitrogens with one attached hydrogen (secondary N) is 1. The second-order valence-corrected chi connectivity index (χ2v) is 6.71. The van der Waals surface area contributed by atoms with E-state index in [0.717, 1.165) is 57.5 Å². The van der Waals surface area contributed by atoms with Crippen LogP contribution in [-0.4, -0.2) is 68.3 Å². The van der Waals surface area contributed by atoms with Gasteiger partial charge in [0.05, 0.1) is 13.2 Å². The molecule has 2 heterocycles. The summed E-state index contributed by atoms with van der Waals surface area (Å²) in [6.07, 6.45) is 0. The fourth-order valence-electron chi connectivity index (χ4n) is 3.46. The molecule has 0 bridgehead atoms. The van der Waals surface area contributed by atoms with Gasteiger partial charge in [-0.25, -0.2) is 0 Å². The van der Waals surface area contributed by atoms with Crippen LogP contribution in [0.1, 0.15) is 18.5 Å². The van der Waals surface area contributed by atoms with Gasteiger partial charge in [-0.1, -0.05) is 23.7 Å². The highest BCUT2D eigenvalue weighted by Crippen LogP contribution is 2.27. The zero-order chi connectivity index (χ0) is 15.4. The third kappa shape index (κ3) is 4.00. The van der Waals surface area contributed by atoms with Gasteiger partial charge in [0.15, 0.2) is 0 Å². The van der Waals surface area contributed by atoms with E-state index < -0.39 is 0 Å². The van der Waals surface area contributed by atoms with Crippen LogP contribution < -0.4 is 5.32 Å². The molecule has 5 heteroatoms. The van der Waals surface area contributed by atoms with Crippen molar-refractivity contribution in [1.82, 2.24) is 15.1 Å². The van der Waals surface area contributed by atoms with E-state index in [-0.39, 0.29) is 0 Å². The van der Waals surface area contributed by atoms with E-state index >= 15 is 0 Å². The fourth-order valence-corrected chi connectivity index (χ4v) is 3.66. The predicted molar refractivity (Wildman–Crippen MR) is 90.5 cm³/mol. The van der Waals surface area contributed by atoms with Crippen molar-refractivity contribution >= 4 is 11.6 Å². The van der Waals surface area contributed by atoms with Gasteiger partial charge in [0.25, 0.3) is 0 Å². The quantitative estimate of drug-likeness (QED) is 0.917. The molecular weight excluding hydrogens is 298 g/mol. The lowest BCUT2D eigenvalue weighted by Gasteiger charge is -2.42. The number of benzene rings is 1. The van der Waals surface area contributed by atoms with E-state index in [4.69, 9.17) is 16.3 Å². The molecule has 0 spiro atoms. The van der Waals surface area contributed by atoms with Crippen LogP contribution in [-0.2, 0) is 4.74 Å². The zero-order valence-corrected chi connectivity index (χ0v) is 14.1. The number of ether oxygens (including phenoxy) is 1. The number of halogens is 1. The first-order valence-electron chi connectivity index (χ1n) is 8.26. The number of morpholine rings is 1. The number of piperazine rings is 1. The average Bonchev–Trinajstić information content (AvgIpc) is 2.54. The first kappa shape index (κ1) is 16.2. The monoisotopic (exact) mass is 323 g/mol. The summed E-state index contributed by atoms with van der Waals surface area (Å²) in [5, 5.41) is 4.31. The van der Waals surface area contributed by atoms with Gasteiger partial charge in [-0.05, 0) is 24.6 Å². The molecule has 3 rings (SSSR count). The Morgan fingerprint density at radius 1 is 1.32 bits per heavy atom. The van der Waals surface area contributed by atoms with Gasteiger partial charge in [0, 0.05) is 56.4 Å². The maximum absolute atomic E-state index is 6.24. The van der Waals surface area contributed by atoms with Crippen molar-refractivity contribution in [2.75, 3.05) is 52.5 Å². The Morgan fingerprint density at radius 3 is 2.86 bits per heavy atom. The SMILES string of the molecule is CC1CNCCN1C(CN1CCOCC1)c1cccc(Cl)c1. The average molecular weight is 324 g/mol. The summed E-state index contributed by atoms with van der Waals surface area (Å²) in [7, 11) is 0. The van der Waals surface area contributed by atoms with Gasteiger partial charge >= 0.3 is 0 Å². The van der Waals surface area contributed by atoms with Crippen LogP contribution in [0.25, 0.3) is 0 Å². The van der Waals surface area contributed by atoms with Crippen LogP contribution in [0.5, 0.6) is 0 Å². The summed E-state index contributed by atoms with van der Waals surface area (Å²) >= 11 is 6.24. The van der Waals surface area contributed by atoms with Crippen LogP contribution in [0, 0.1) is 0 Å². The molecule has 0 aliphatic carbocycles. The Kier molecular flexibility index (Phi) is 5.71. The lowest BCUT2D eigenvalue weighted by molar-refractivity contribution is 0.0138. The molecule has 0 saturated carbocycles. The molecule has 2 unspecified atom stereocenters. The van der Waals surface area contributed by atoms with Crippen molar-refractivity contribution in [2.45, 2.75) is 19.0 Å². The standard InChI is InChI=1S/C17H26ClN3O/c1-14-12-19-5-6-21(14)17(13-20-7-9-22-10-8-20)15-3-2-4-16(18)11-15/h2-4,11,14,17,19H,5-10,12-13H2,1H3. The summed E-state index contributed by atoms with van der Waals surface area (Å²) in [6.45, 7) is 10.3. The van der Waals surface area contributed by atoms with E-state index in [2.05, 4.69) is 40.2 Å². The van der Waals surface area contributed by atoms with Gasteiger partial charge in [-0.15, -0.1) is 0 Å². The fraction of sp³-hybridized carbons (Fsp3) is 0.647. The van der Waals surface area contributed by atoms with Crippen LogP contribution in [0.15, 0.2) is 24.3 Å². The maximum atomic E-state index is 6.24. The van der Waals surface area contributed by atoms with Crippen LogP contribution in [0.3, 0.4) is 0 Å². The molecule has 2 fully saturated rings. The minimum atomic E-state index is 0.397. The number of hydrogen-bond acceptors (Lipinski definition) is 4. The van der Waals surface area contributed by atoms with Crippen molar-refractivity contribution in [3.63, 3.8) is 0 Å². The molecule has 2 saturated heterocycles. The lowest BCUT2D eigenvalue weighted by atomic mass is 10.0. The maximum Gasteiger partial charge on any atom is 0.0594 e. The molecule has 2 aliphatic heterocycles. The molecule has 22 heavy (non-hydrogen) atoms. The minimum absolute atomic E-state index is 0.397. The molecule has 2 aliphatic rings. The van der Waals surface area contributed by atoms with Gasteiger partial charge in [0.1, 0.15) is 0 Å². The van der Waals surface area contributed by atoms with Crippen LogP contribution >= 0.6 is 11.6 Å². The molecule has 4 nitrogen and oxygen atoms in total. The predicted octanol–water partition coefficient (Wildman–Crippen LogP) is 2.01. The second-order valence-electron chi connectivity index (χ2n) is 6.27. The Balaban J connectivity index is 1.80. The molecule has 0 aromatic heterocycles. The Morgan fingerprint density at radius 2 is 2.14 bits per heavy atom. The molecule has 1 N–H and O–H groups in total. The van der Waals surface area contributed by atoms with E-state index in [1.165, 1.54) is 5.56 Å². The minimum Gasteiger partial charge on any atom is -0.379 e. The van der Waals surface area contributed by atoms with E-state index in [0.29, 0.717) is 12.1 Å². The lowest BCUT2D eigenvalue weighted by Crippen LogP contribution is -2.53. The van der Waals surface area contributed by atoms with Crippen molar-refractivity contribution in [2.24, 2.45) is 0 Å². The van der Waals surface area contributed by atoms with Crippen molar-refractivity contribution < 1.29 is 4.74 Å². The smallest absolute Gasteiger partial charge is 0.0594 e. The largest absolute Gasteiger partial charge is 0.379 e. The Hall–Kier alpha value is -0.650. The van der Waals surface area contributed by atoms with E-state index in [1.54, 1.807) is 0 Å². The molecule has 1 aromatic rings. The summed E-state index contributed by atoms with van der Waals surface area (Å²) in [5.74, 6) is 0. The topological polar surface area (TPSA) is 27.7 Å². The highest BCUT2D eigenvalue weighted by molar-refractivity contribution is 6.30. The highest BCUT2D eigenvalue weighted by Gasteiger charge is 2.29. The Labute approximate surface area is 138 Å². The van der Waals surface area contributed by atoms with E-state index in [1.807, 2.05) is 6.07 Å². The Bertz CT molecular complexity index is 479. The molecule has 0 amide bonds. The van der Waals surface area contributed by atoms with Gasteiger partial charge in [-0.3, -0.25) is 9.80 Å². The van der Waals surface area contributed by atoms with Crippen molar-refractivity contribution in [3.8, 4) is 0 Å². The molecule has 1 aromatic carbocycles. The second kappa shape index (κ2) is 7.75. The molecule has 2 atom stereocenters. The molecule has 0 radical (unpaired) electrons. The number of hydrogen-bond donors (Lipinski definition) is 1. The van der Waals surface area contributed by atoms with Crippen molar-refractivity contribution in [1.29, 1.82) is 0 Å². The summed E-state index contributed by atoms with van der Waals surface area (Å²) in [6, 6.07) is 9.30.